The zero-order chi connectivity index (χ0) is 38.5. The molecule has 0 aliphatic rings. The third-order valence-corrected chi connectivity index (χ3v) is 8.98. The van der Waals surface area contributed by atoms with E-state index in [9.17, 15) is 19.5 Å². The van der Waals surface area contributed by atoms with E-state index in [0.29, 0.717) is 6.42 Å². The lowest BCUT2D eigenvalue weighted by molar-refractivity contribution is -0.889. The molecule has 0 fully saturated rings. The van der Waals surface area contributed by atoms with Crippen LogP contribution in [-0.4, -0.2) is 75.5 Å². The molecule has 0 aromatic rings. The second-order valence-corrected chi connectivity index (χ2v) is 14.9. The topological polar surface area (TPSA) is 102 Å². The third kappa shape index (κ3) is 33.1. The molecule has 0 rings (SSSR count). The van der Waals surface area contributed by atoms with Crippen LogP contribution in [0.5, 0.6) is 0 Å². The number of carboxylic acids is 1. The van der Waals surface area contributed by atoms with Gasteiger partial charge in [-0.15, -0.1) is 0 Å². The van der Waals surface area contributed by atoms with Crippen LogP contribution in [-0.2, 0) is 28.6 Å². The number of carbonyl (C=O) groups is 3. The minimum Gasteiger partial charge on any atom is -0.544 e. The average Bonchev–Trinajstić information content (AvgIpc) is 3.09. The molecule has 300 valence electrons. The summed E-state index contributed by atoms with van der Waals surface area (Å²) >= 11 is 0. The highest BCUT2D eigenvalue weighted by Crippen LogP contribution is 2.12. The summed E-state index contributed by atoms with van der Waals surface area (Å²) in [7, 11) is 5.38. The fraction of sp³-hybridized carbons (Fsp3) is 0.750. The number of unbranched alkanes of at least 4 members (excludes halogenated alkanes) is 15. The predicted molar refractivity (Wildman–Crippen MR) is 213 cm³/mol. The molecule has 0 amide bonds. The molecule has 2 unspecified atom stereocenters. The lowest BCUT2D eigenvalue weighted by atomic mass is 10.1. The van der Waals surface area contributed by atoms with Crippen LogP contribution in [0.2, 0.25) is 0 Å². The molecule has 0 aromatic heterocycles. The van der Waals surface area contributed by atoms with Crippen LogP contribution in [0, 0.1) is 0 Å². The Hall–Kier alpha value is -2.71. The van der Waals surface area contributed by atoms with Crippen LogP contribution in [0.15, 0.2) is 48.6 Å². The van der Waals surface area contributed by atoms with Gasteiger partial charge in [0.2, 0.25) is 0 Å². The second-order valence-electron chi connectivity index (χ2n) is 14.9. The maximum absolute atomic E-state index is 12.7. The minimum atomic E-state index is -1.13. The van der Waals surface area contributed by atoms with Crippen LogP contribution in [0.4, 0.5) is 0 Å². The number of hydrogen-bond donors (Lipinski definition) is 0. The van der Waals surface area contributed by atoms with E-state index in [0.717, 1.165) is 83.5 Å². The Morgan fingerprint density at radius 3 is 1.71 bits per heavy atom. The maximum atomic E-state index is 12.7. The highest BCUT2D eigenvalue weighted by Gasteiger charge is 2.25. The van der Waals surface area contributed by atoms with Crippen molar-refractivity contribution < 1.29 is 38.2 Å². The summed E-state index contributed by atoms with van der Waals surface area (Å²) in [5, 5.41) is 11.6. The van der Waals surface area contributed by atoms with Gasteiger partial charge in [-0.25, -0.2) is 0 Å². The summed E-state index contributed by atoms with van der Waals surface area (Å²) in [6.07, 6.45) is 39.9. The number of nitrogens with zero attached hydrogens (tertiary/aromatic N) is 1. The summed E-state index contributed by atoms with van der Waals surface area (Å²) in [4.78, 5) is 36.7. The first kappa shape index (κ1) is 49.3. The van der Waals surface area contributed by atoms with E-state index in [1.807, 2.05) is 0 Å². The Morgan fingerprint density at radius 2 is 1.13 bits per heavy atom. The lowest BCUT2D eigenvalue weighted by Gasteiger charge is -2.34. The Balaban J connectivity index is 4.45. The fourth-order valence-corrected chi connectivity index (χ4v) is 5.74. The lowest BCUT2D eigenvalue weighted by Crippen LogP contribution is -2.55. The van der Waals surface area contributed by atoms with Gasteiger partial charge in [0.05, 0.1) is 40.3 Å². The number of ether oxygens (including phenoxy) is 3. The van der Waals surface area contributed by atoms with Gasteiger partial charge >= 0.3 is 11.9 Å². The number of rotatable bonds is 36. The summed E-state index contributed by atoms with van der Waals surface area (Å²) in [5.74, 6) is -1.79. The van der Waals surface area contributed by atoms with E-state index in [1.54, 1.807) is 21.1 Å². The number of allylic oxidation sites excluding steroid dienone is 8. The van der Waals surface area contributed by atoms with Crippen LogP contribution in [0.1, 0.15) is 162 Å². The van der Waals surface area contributed by atoms with E-state index in [2.05, 4.69) is 62.5 Å². The average molecular weight is 732 g/mol. The molecule has 8 heteroatoms. The maximum Gasteiger partial charge on any atom is 0.306 e. The van der Waals surface area contributed by atoms with Gasteiger partial charge in [-0.2, -0.15) is 0 Å². The number of esters is 2. The quantitative estimate of drug-likeness (QED) is 0.0208. The van der Waals surface area contributed by atoms with Crippen molar-refractivity contribution in [2.45, 2.75) is 174 Å². The molecule has 8 nitrogen and oxygen atoms in total. The summed E-state index contributed by atoms with van der Waals surface area (Å²) < 4.78 is 17.1. The van der Waals surface area contributed by atoms with E-state index < -0.39 is 18.1 Å². The molecule has 0 aromatic carbocycles. The van der Waals surface area contributed by atoms with Gasteiger partial charge in [0.25, 0.3) is 0 Å². The van der Waals surface area contributed by atoms with E-state index >= 15 is 0 Å². The molecule has 52 heavy (non-hydrogen) atoms. The molecule has 0 heterocycles. The van der Waals surface area contributed by atoms with Gasteiger partial charge in [-0.1, -0.05) is 127 Å². The van der Waals surface area contributed by atoms with Crippen LogP contribution in [0.25, 0.3) is 0 Å². The largest absolute Gasteiger partial charge is 0.544 e. The molecule has 2 atom stereocenters. The van der Waals surface area contributed by atoms with Gasteiger partial charge in [0.1, 0.15) is 12.6 Å². The van der Waals surface area contributed by atoms with Gasteiger partial charge in [-0.05, 0) is 64.2 Å². The second kappa shape index (κ2) is 35.3. The van der Waals surface area contributed by atoms with Crippen molar-refractivity contribution >= 4 is 17.9 Å². The summed E-state index contributed by atoms with van der Waals surface area (Å²) in [6.45, 7) is 4.49. The highest BCUT2D eigenvalue weighted by molar-refractivity contribution is 5.70. The number of carbonyl (C=O) groups excluding carboxylic acids is 3. The van der Waals surface area contributed by atoms with Gasteiger partial charge < -0.3 is 28.6 Å². The molecule has 0 bridgehead atoms. The Labute approximate surface area is 318 Å². The van der Waals surface area contributed by atoms with Crippen LogP contribution < -0.4 is 5.11 Å². The molecule has 0 N–H and O–H groups in total. The first-order valence-electron chi connectivity index (χ1n) is 20.7. The molecular formula is C44H77NO7. The van der Waals surface area contributed by atoms with E-state index in [1.165, 1.54) is 44.9 Å². The number of quaternary nitrogens is 1. The summed E-state index contributed by atoms with van der Waals surface area (Å²) in [6, 6.07) is -0.732. The van der Waals surface area contributed by atoms with Gasteiger partial charge in [0, 0.05) is 19.3 Å². The van der Waals surface area contributed by atoms with Crippen molar-refractivity contribution in [3.05, 3.63) is 48.6 Å². The predicted octanol–water partition coefficient (Wildman–Crippen LogP) is 9.52. The van der Waals surface area contributed by atoms with Crippen molar-refractivity contribution in [3.63, 3.8) is 0 Å². The molecule has 0 aliphatic heterocycles. The molecule has 0 aliphatic carbocycles. The van der Waals surface area contributed by atoms with Crippen molar-refractivity contribution in [2.75, 3.05) is 41.0 Å². The number of carboxylic acid groups (broad SMARTS) is 1. The number of hydrogen-bond acceptors (Lipinski definition) is 7. The molecule has 0 saturated carbocycles. The smallest absolute Gasteiger partial charge is 0.306 e. The van der Waals surface area contributed by atoms with Crippen molar-refractivity contribution in [1.82, 2.24) is 0 Å². The van der Waals surface area contributed by atoms with Crippen molar-refractivity contribution in [2.24, 2.45) is 0 Å². The minimum absolute atomic E-state index is 0.0243. The highest BCUT2D eigenvalue weighted by atomic mass is 16.6. The van der Waals surface area contributed by atoms with Crippen molar-refractivity contribution in [1.29, 1.82) is 0 Å². The number of likely N-dealkylation sites (N-methyl/N-ethyl adjacent to an activating group) is 1. The standard InChI is InChI=1S/C44H77NO7/c1-6-8-10-12-14-16-18-20-21-22-23-25-27-29-31-33-35-43(47)52-40(38-50-37-36-41(44(48)49)45(3,4)5)39-51-42(46)34-32-30-28-26-24-19-17-15-13-11-9-7-2/h9,11,15,17,21-23,25,40-41H,6-8,10,12-14,16,18-20,24,26-39H2,1-5H3/b11-9+,17-15+,22-21+,25-23+. The zero-order valence-corrected chi connectivity index (χ0v) is 34.0. The molecular weight excluding hydrogens is 654 g/mol. The Bertz CT molecular complexity index is 995. The molecule has 0 saturated heterocycles. The number of aliphatic carboxylic acids is 1. The van der Waals surface area contributed by atoms with Gasteiger partial charge in [-0.3, -0.25) is 9.59 Å². The fourth-order valence-electron chi connectivity index (χ4n) is 5.74. The molecule has 0 radical (unpaired) electrons. The monoisotopic (exact) mass is 732 g/mol. The van der Waals surface area contributed by atoms with Crippen molar-refractivity contribution in [3.8, 4) is 0 Å². The van der Waals surface area contributed by atoms with Crippen LogP contribution >= 0.6 is 0 Å². The Morgan fingerprint density at radius 1 is 0.615 bits per heavy atom. The SMILES string of the molecule is CC/C=C/C/C=C/CCCCCCCC(=O)OCC(COCCC(C(=O)[O-])[N+](C)(C)C)OC(=O)CCCCC/C=C/C=C/CCCCCCCCC. The van der Waals surface area contributed by atoms with E-state index in [-0.39, 0.29) is 49.1 Å². The van der Waals surface area contributed by atoms with Gasteiger partial charge in [0.15, 0.2) is 6.10 Å². The van der Waals surface area contributed by atoms with Crippen LogP contribution in [0.3, 0.4) is 0 Å². The summed E-state index contributed by atoms with van der Waals surface area (Å²) in [5.41, 5.74) is 0. The zero-order valence-electron chi connectivity index (χ0n) is 34.0. The van der Waals surface area contributed by atoms with E-state index in [4.69, 9.17) is 14.2 Å². The first-order valence-corrected chi connectivity index (χ1v) is 20.7. The third-order valence-electron chi connectivity index (χ3n) is 8.98. The Kier molecular flexibility index (Phi) is 33.5. The first-order chi connectivity index (χ1) is 25.1. The normalized spacial score (nSPS) is 13.5. The molecule has 0 spiro atoms.